The molecule has 1 heterocycles. The molecule has 1 aromatic rings. The van der Waals surface area contributed by atoms with Crippen molar-refractivity contribution in [1.29, 1.82) is 0 Å². The number of anilines is 1. The molecule has 1 atom stereocenters. The van der Waals surface area contributed by atoms with Crippen molar-refractivity contribution in [2.24, 2.45) is 5.92 Å². The Kier molecular flexibility index (Phi) is 6.21. The monoisotopic (exact) mass is 354 g/mol. The number of hydrogen-bond donors (Lipinski definition) is 2. The normalized spacial score (nSPS) is 19.5. The second kappa shape index (κ2) is 7.92. The van der Waals surface area contributed by atoms with Gasteiger partial charge in [0.05, 0.1) is 6.54 Å². The van der Waals surface area contributed by atoms with Gasteiger partial charge in [-0.15, -0.1) is 0 Å². The van der Waals surface area contributed by atoms with E-state index in [1.807, 2.05) is 25.1 Å². The Balaban J connectivity index is 1.86. The first-order chi connectivity index (χ1) is 10.1. The molecule has 21 heavy (non-hydrogen) atoms. The summed E-state index contributed by atoms with van der Waals surface area (Å²) >= 11 is 3.42. The van der Waals surface area contributed by atoms with Crippen LogP contribution in [-0.2, 0) is 4.79 Å². The number of amides is 1. The van der Waals surface area contributed by atoms with Crippen LogP contribution in [0.5, 0.6) is 0 Å². The first-order valence-electron chi connectivity index (χ1n) is 7.47. The Labute approximate surface area is 134 Å². The molecule has 2 rings (SSSR count). The van der Waals surface area contributed by atoms with E-state index in [-0.39, 0.29) is 12.5 Å². The Morgan fingerprint density at radius 3 is 3.05 bits per heavy atom. The van der Waals surface area contributed by atoms with Crippen LogP contribution in [0.15, 0.2) is 22.7 Å². The second-order valence-electron chi connectivity index (χ2n) is 5.76. The maximum Gasteiger partial charge on any atom is 0.238 e. The van der Waals surface area contributed by atoms with Crippen LogP contribution in [0, 0.1) is 12.8 Å². The van der Waals surface area contributed by atoms with Gasteiger partial charge in [-0.1, -0.05) is 15.9 Å². The quantitative estimate of drug-likeness (QED) is 0.854. The predicted octanol–water partition coefficient (Wildman–Crippen LogP) is 2.79. The first kappa shape index (κ1) is 16.5. The first-order valence-corrected chi connectivity index (χ1v) is 8.27. The molecule has 4 nitrogen and oxygen atoms in total. The molecule has 0 spiro atoms. The van der Waals surface area contributed by atoms with Crippen LogP contribution in [0.25, 0.3) is 0 Å². The Morgan fingerprint density at radius 2 is 2.33 bits per heavy atom. The molecular weight excluding hydrogens is 332 g/mol. The van der Waals surface area contributed by atoms with Crippen molar-refractivity contribution >= 4 is 27.5 Å². The van der Waals surface area contributed by atoms with E-state index in [4.69, 9.17) is 5.11 Å². The zero-order chi connectivity index (χ0) is 15.2. The summed E-state index contributed by atoms with van der Waals surface area (Å²) < 4.78 is 1.01. The number of rotatable bonds is 5. The fourth-order valence-corrected chi connectivity index (χ4v) is 3.35. The summed E-state index contributed by atoms with van der Waals surface area (Å²) in [5, 5.41) is 12.0. The molecule has 1 aliphatic rings. The third-order valence-electron chi connectivity index (χ3n) is 3.97. The summed E-state index contributed by atoms with van der Waals surface area (Å²) in [6, 6.07) is 5.84. The number of hydrogen-bond acceptors (Lipinski definition) is 3. The standard InChI is InChI=1S/C16H23BrN2O2/c1-12-9-14(17)4-5-15(12)18-16(21)11-19-7-2-3-13(10-19)6-8-20/h4-5,9,13,20H,2-3,6-8,10-11H2,1H3,(H,18,21). The van der Waals surface area contributed by atoms with E-state index in [0.717, 1.165) is 48.1 Å². The molecule has 0 saturated carbocycles. The summed E-state index contributed by atoms with van der Waals surface area (Å²) in [6.07, 6.45) is 3.10. The van der Waals surface area contributed by atoms with Gasteiger partial charge in [-0.2, -0.15) is 0 Å². The van der Waals surface area contributed by atoms with Crippen molar-refractivity contribution in [2.45, 2.75) is 26.2 Å². The number of aryl methyl sites for hydroxylation is 1. The van der Waals surface area contributed by atoms with Gasteiger partial charge >= 0.3 is 0 Å². The number of halogens is 1. The van der Waals surface area contributed by atoms with Crippen molar-refractivity contribution in [2.75, 3.05) is 31.6 Å². The number of aliphatic hydroxyl groups excluding tert-OH is 1. The number of nitrogens with zero attached hydrogens (tertiary/aromatic N) is 1. The maximum atomic E-state index is 12.2. The van der Waals surface area contributed by atoms with Gasteiger partial charge in [0.25, 0.3) is 0 Å². The molecule has 1 saturated heterocycles. The van der Waals surface area contributed by atoms with Gasteiger partial charge in [-0.05, 0) is 62.4 Å². The zero-order valence-electron chi connectivity index (χ0n) is 12.4. The maximum absolute atomic E-state index is 12.2. The summed E-state index contributed by atoms with van der Waals surface area (Å²) in [7, 11) is 0. The van der Waals surface area contributed by atoms with E-state index < -0.39 is 0 Å². The lowest BCUT2D eigenvalue weighted by molar-refractivity contribution is -0.117. The number of benzene rings is 1. The van der Waals surface area contributed by atoms with Gasteiger partial charge < -0.3 is 10.4 Å². The van der Waals surface area contributed by atoms with Gasteiger partial charge in [0, 0.05) is 23.3 Å². The van der Waals surface area contributed by atoms with Crippen molar-refractivity contribution in [3.8, 4) is 0 Å². The van der Waals surface area contributed by atoms with E-state index in [1.165, 1.54) is 0 Å². The molecule has 116 valence electrons. The Bertz CT molecular complexity index is 491. The molecule has 0 aromatic heterocycles. The van der Waals surface area contributed by atoms with Crippen LogP contribution in [-0.4, -0.2) is 42.2 Å². The van der Waals surface area contributed by atoms with Gasteiger partial charge in [-0.25, -0.2) is 0 Å². The van der Waals surface area contributed by atoms with Crippen LogP contribution in [0.2, 0.25) is 0 Å². The van der Waals surface area contributed by atoms with E-state index in [0.29, 0.717) is 12.5 Å². The van der Waals surface area contributed by atoms with E-state index in [2.05, 4.69) is 26.1 Å². The Morgan fingerprint density at radius 1 is 1.52 bits per heavy atom. The molecule has 1 amide bonds. The van der Waals surface area contributed by atoms with Crippen molar-refractivity contribution in [3.63, 3.8) is 0 Å². The van der Waals surface area contributed by atoms with E-state index in [9.17, 15) is 4.79 Å². The summed E-state index contributed by atoms with van der Waals surface area (Å²) in [4.78, 5) is 14.4. The van der Waals surface area contributed by atoms with Crippen LogP contribution < -0.4 is 5.32 Å². The summed E-state index contributed by atoms with van der Waals surface area (Å²) in [6.45, 7) is 4.53. The molecule has 5 heteroatoms. The number of aliphatic hydroxyl groups is 1. The van der Waals surface area contributed by atoms with Crippen molar-refractivity contribution < 1.29 is 9.90 Å². The van der Waals surface area contributed by atoms with Gasteiger partial charge in [-0.3, -0.25) is 9.69 Å². The number of likely N-dealkylation sites (tertiary alicyclic amines) is 1. The third-order valence-corrected chi connectivity index (χ3v) is 4.46. The lowest BCUT2D eigenvalue weighted by atomic mass is 9.95. The molecular formula is C16H23BrN2O2. The molecule has 1 fully saturated rings. The number of piperidine rings is 1. The highest BCUT2D eigenvalue weighted by Gasteiger charge is 2.21. The van der Waals surface area contributed by atoms with Crippen molar-refractivity contribution in [1.82, 2.24) is 4.90 Å². The minimum atomic E-state index is 0.0325. The number of nitrogens with one attached hydrogen (secondary N) is 1. The average molecular weight is 355 g/mol. The van der Waals surface area contributed by atoms with Crippen molar-refractivity contribution in [3.05, 3.63) is 28.2 Å². The van der Waals surface area contributed by atoms with Gasteiger partial charge in [0.15, 0.2) is 0 Å². The van der Waals surface area contributed by atoms with Gasteiger partial charge in [0.2, 0.25) is 5.91 Å². The lowest BCUT2D eigenvalue weighted by Gasteiger charge is -2.31. The highest BCUT2D eigenvalue weighted by molar-refractivity contribution is 9.10. The largest absolute Gasteiger partial charge is 0.396 e. The summed E-state index contributed by atoms with van der Waals surface area (Å²) in [5.41, 5.74) is 1.92. The fraction of sp³-hybridized carbons (Fsp3) is 0.562. The van der Waals surface area contributed by atoms with Crippen LogP contribution in [0.1, 0.15) is 24.8 Å². The fourth-order valence-electron chi connectivity index (χ4n) is 2.87. The van der Waals surface area contributed by atoms with E-state index in [1.54, 1.807) is 0 Å². The SMILES string of the molecule is Cc1cc(Br)ccc1NC(=O)CN1CCCC(CCO)C1. The number of carbonyl (C=O) groups excluding carboxylic acids is 1. The van der Waals surface area contributed by atoms with Gasteiger partial charge in [0.1, 0.15) is 0 Å². The van der Waals surface area contributed by atoms with Crippen LogP contribution in [0.3, 0.4) is 0 Å². The summed E-state index contributed by atoms with van der Waals surface area (Å²) in [5.74, 6) is 0.552. The minimum absolute atomic E-state index is 0.0325. The molecule has 1 aromatic carbocycles. The third kappa shape index (κ3) is 5.09. The Hall–Kier alpha value is -0.910. The smallest absolute Gasteiger partial charge is 0.238 e. The second-order valence-corrected chi connectivity index (χ2v) is 6.68. The highest BCUT2D eigenvalue weighted by Crippen LogP contribution is 2.21. The van der Waals surface area contributed by atoms with Crippen LogP contribution in [0.4, 0.5) is 5.69 Å². The average Bonchev–Trinajstić information content (AvgIpc) is 2.43. The molecule has 0 aliphatic carbocycles. The molecule has 0 bridgehead atoms. The zero-order valence-corrected chi connectivity index (χ0v) is 14.0. The lowest BCUT2D eigenvalue weighted by Crippen LogP contribution is -2.40. The highest BCUT2D eigenvalue weighted by atomic mass is 79.9. The minimum Gasteiger partial charge on any atom is -0.396 e. The van der Waals surface area contributed by atoms with Crippen LogP contribution >= 0.6 is 15.9 Å². The molecule has 2 N–H and O–H groups in total. The number of carbonyl (C=O) groups is 1. The van der Waals surface area contributed by atoms with E-state index >= 15 is 0 Å². The predicted molar refractivity (Wildman–Crippen MR) is 88.4 cm³/mol. The molecule has 1 unspecified atom stereocenters. The molecule has 0 radical (unpaired) electrons. The molecule has 1 aliphatic heterocycles. The topological polar surface area (TPSA) is 52.6 Å².